The number of hydrogen-bond acceptors (Lipinski definition) is 4. The van der Waals surface area contributed by atoms with Crippen LogP contribution in [0.4, 0.5) is 0 Å². The predicted octanol–water partition coefficient (Wildman–Crippen LogP) is 0.978. The first-order valence-electron chi connectivity index (χ1n) is 7.20. The second-order valence-electron chi connectivity index (χ2n) is 5.89. The minimum atomic E-state index is -3.09. The molecule has 0 aliphatic carbocycles. The fraction of sp³-hybridized carbons (Fsp3) is 1.00. The number of piperidine rings is 1. The highest BCUT2D eigenvalue weighted by molar-refractivity contribution is 7.88. The van der Waals surface area contributed by atoms with Crippen LogP contribution in [0, 0.1) is 5.92 Å². The molecule has 1 N–H and O–H groups in total. The monoisotopic (exact) mass is 291 g/mol. The van der Waals surface area contributed by atoms with Crippen molar-refractivity contribution in [3.8, 4) is 0 Å². The van der Waals surface area contributed by atoms with Crippen LogP contribution in [0.3, 0.4) is 0 Å². The first-order valence-corrected chi connectivity index (χ1v) is 9.05. The highest BCUT2D eigenvalue weighted by Gasteiger charge is 2.28. The molecule has 5 nitrogen and oxygen atoms in total. The van der Waals surface area contributed by atoms with Gasteiger partial charge in [0.25, 0.3) is 0 Å². The molecule has 3 unspecified atom stereocenters. The number of sulfonamides is 1. The van der Waals surface area contributed by atoms with E-state index in [1.807, 2.05) is 0 Å². The molecular formula is C13H25NO4S. The zero-order chi connectivity index (χ0) is 13.9. The van der Waals surface area contributed by atoms with E-state index in [9.17, 15) is 13.5 Å². The second kappa shape index (κ2) is 6.52. The van der Waals surface area contributed by atoms with Crippen molar-refractivity contribution in [1.82, 2.24) is 4.31 Å². The Morgan fingerprint density at radius 2 is 2.11 bits per heavy atom. The standard InChI is InChI=1S/C13H25NO4S/c1-19(16,17)14-6-2-4-11(10-14)8-12(15)9-13-5-3-7-18-13/h11-13,15H,2-10H2,1H3. The summed E-state index contributed by atoms with van der Waals surface area (Å²) in [5.74, 6) is 0.278. The van der Waals surface area contributed by atoms with Crippen molar-refractivity contribution in [1.29, 1.82) is 0 Å². The van der Waals surface area contributed by atoms with Gasteiger partial charge in [0.05, 0.1) is 18.5 Å². The van der Waals surface area contributed by atoms with Gasteiger partial charge in [0.15, 0.2) is 0 Å². The van der Waals surface area contributed by atoms with Crippen LogP contribution in [0.5, 0.6) is 0 Å². The first-order chi connectivity index (χ1) is 8.95. The molecule has 2 fully saturated rings. The topological polar surface area (TPSA) is 66.8 Å². The average Bonchev–Trinajstić information content (AvgIpc) is 2.80. The third-order valence-corrected chi connectivity index (χ3v) is 5.38. The Balaban J connectivity index is 1.78. The molecule has 0 amide bonds. The van der Waals surface area contributed by atoms with Gasteiger partial charge in [-0.25, -0.2) is 12.7 Å². The van der Waals surface area contributed by atoms with E-state index in [1.54, 1.807) is 4.31 Å². The zero-order valence-corrected chi connectivity index (χ0v) is 12.4. The van der Waals surface area contributed by atoms with Crippen LogP contribution in [0.2, 0.25) is 0 Å². The van der Waals surface area contributed by atoms with Gasteiger partial charge in [-0.2, -0.15) is 0 Å². The molecule has 2 aliphatic rings. The SMILES string of the molecule is CS(=O)(=O)N1CCCC(CC(O)CC2CCCO2)C1. The summed E-state index contributed by atoms with van der Waals surface area (Å²) >= 11 is 0. The highest BCUT2D eigenvalue weighted by atomic mass is 32.2. The van der Waals surface area contributed by atoms with Crippen molar-refractivity contribution in [2.24, 2.45) is 5.92 Å². The third kappa shape index (κ3) is 4.70. The summed E-state index contributed by atoms with van der Waals surface area (Å²) in [4.78, 5) is 0. The number of hydrogen-bond donors (Lipinski definition) is 1. The Morgan fingerprint density at radius 1 is 1.32 bits per heavy atom. The molecule has 112 valence electrons. The van der Waals surface area contributed by atoms with E-state index in [2.05, 4.69) is 0 Å². The molecule has 19 heavy (non-hydrogen) atoms. The lowest BCUT2D eigenvalue weighted by Gasteiger charge is -2.32. The Kier molecular flexibility index (Phi) is 5.22. The zero-order valence-electron chi connectivity index (χ0n) is 11.6. The quantitative estimate of drug-likeness (QED) is 0.820. The number of aliphatic hydroxyl groups excluding tert-OH is 1. The summed E-state index contributed by atoms with van der Waals surface area (Å²) < 4.78 is 30.1. The summed E-state index contributed by atoms with van der Waals surface area (Å²) in [6.07, 6.45) is 6.50. The van der Waals surface area contributed by atoms with E-state index >= 15 is 0 Å². The van der Waals surface area contributed by atoms with Crippen molar-refractivity contribution in [3.05, 3.63) is 0 Å². The maximum absolute atomic E-state index is 11.5. The second-order valence-corrected chi connectivity index (χ2v) is 7.87. The van der Waals surface area contributed by atoms with E-state index in [0.717, 1.165) is 32.3 Å². The Hall–Kier alpha value is -0.170. The molecular weight excluding hydrogens is 266 g/mol. The molecule has 0 aromatic rings. The molecule has 0 bridgehead atoms. The number of aliphatic hydroxyl groups is 1. The summed E-state index contributed by atoms with van der Waals surface area (Å²) in [5, 5.41) is 10.1. The van der Waals surface area contributed by atoms with Crippen molar-refractivity contribution in [3.63, 3.8) is 0 Å². The summed E-state index contributed by atoms with van der Waals surface area (Å²) in [6, 6.07) is 0. The van der Waals surface area contributed by atoms with Gasteiger partial charge in [0.2, 0.25) is 10.0 Å². The molecule has 0 aromatic heterocycles. The van der Waals surface area contributed by atoms with Crippen LogP contribution >= 0.6 is 0 Å². The van der Waals surface area contributed by atoms with Crippen molar-refractivity contribution in [2.45, 2.75) is 50.7 Å². The molecule has 3 atom stereocenters. The molecule has 2 saturated heterocycles. The van der Waals surface area contributed by atoms with Gasteiger partial charge < -0.3 is 9.84 Å². The van der Waals surface area contributed by atoms with Gasteiger partial charge >= 0.3 is 0 Å². The van der Waals surface area contributed by atoms with Crippen molar-refractivity contribution < 1.29 is 18.3 Å². The third-order valence-electron chi connectivity index (χ3n) is 4.12. The Morgan fingerprint density at radius 3 is 2.74 bits per heavy atom. The van der Waals surface area contributed by atoms with E-state index in [-0.39, 0.29) is 18.1 Å². The molecule has 2 rings (SSSR count). The molecule has 6 heteroatoms. The number of ether oxygens (including phenoxy) is 1. The first kappa shape index (κ1) is 15.2. The maximum atomic E-state index is 11.5. The fourth-order valence-electron chi connectivity index (χ4n) is 3.14. The van der Waals surface area contributed by atoms with Crippen molar-refractivity contribution >= 4 is 10.0 Å². The summed E-state index contributed by atoms with van der Waals surface area (Å²) in [5.41, 5.74) is 0. The lowest BCUT2D eigenvalue weighted by molar-refractivity contribution is 0.0394. The minimum absolute atomic E-state index is 0.199. The average molecular weight is 291 g/mol. The van der Waals surface area contributed by atoms with Crippen LogP contribution < -0.4 is 0 Å². The Labute approximate surface area is 116 Å². The van der Waals surface area contributed by atoms with Crippen LogP contribution in [0.1, 0.15) is 38.5 Å². The molecule has 0 spiro atoms. The highest BCUT2D eigenvalue weighted by Crippen LogP contribution is 2.25. The van der Waals surface area contributed by atoms with Crippen LogP contribution in [-0.2, 0) is 14.8 Å². The lowest BCUT2D eigenvalue weighted by Crippen LogP contribution is -2.40. The molecule has 2 aliphatic heterocycles. The van der Waals surface area contributed by atoms with Crippen molar-refractivity contribution in [2.75, 3.05) is 26.0 Å². The van der Waals surface area contributed by atoms with Crippen LogP contribution in [-0.4, -0.2) is 56.0 Å². The fourth-order valence-corrected chi connectivity index (χ4v) is 4.08. The largest absolute Gasteiger partial charge is 0.393 e. The summed E-state index contributed by atoms with van der Waals surface area (Å²) in [7, 11) is -3.09. The van der Waals surface area contributed by atoms with Gasteiger partial charge in [-0.3, -0.25) is 0 Å². The molecule has 0 radical (unpaired) electrons. The summed E-state index contributed by atoms with van der Waals surface area (Å²) in [6.45, 7) is 1.99. The number of nitrogens with zero attached hydrogens (tertiary/aromatic N) is 1. The van der Waals surface area contributed by atoms with Crippen LogP contribution in [0.25, 0.3) is 0 Å². The van der Waals surface area contributed by atoms with Gasteiger partial charge in [0.1, 0.15) is 0 Å². The van der Waals surface area contributed by atoms with Crippen LogP contribution in [0.15, 0.2) is 0 Å². The minimum Gasteiger partial charge on any atom is -0.393 e. The van der Waals surface area contributed by atoms with Gasteiger partial charge in [-0.15, -0.1) is 0 Å². The van der Waals surface area contributed by atoms with E-state index < -0.39 is 10.0 Å². The van der Waals surface area contributed by atoms with Gasteiger partial charge in [-0.05, 0) is 44.4 Å². The molecule has 0 saturated carbocycles. The maximum Gasteiger partial charge on any atom is 0.211 e. The van der Waals surface area contributed by atoms with Gasteiger partial charge in [-0.1, -0.05) is 0 Å². The lowest BCUT2D eigenvalue weighted by atomic mass is 9.91. The number of rotatable bonds is 5. The van der Waals surface area contributed by atoms with E-state index in [4.69, 9.17) is 4.74 Å². The normalized spacial score (nSPS) is 31.5. The van der Waals surface area contributed by atoms with E-state index in [0.29, 0.717) is 25.9 Å². The predicted molar refractivity (Wildman–Crippen MR) is 73.4 cm³/mol. The molecule has 0 aromatic carbocycles. The van der Waals surface area contributed by atoms with Gasteiger partial charge in [0, 0.05) is 19.7 Å². The Bertz CT molecular complexity index is 378. The molecule has 2 heterocycles. The smallest absolute Gasteiger partial charge is 0.211 e. The van der Waals surface area contributed by atoms with E-state index in [1.165, 1.54) is 6.26 Å².